The summed E-state index contributed by atoms with van der Waals surface area (Å²) >= 11 is 7.44. The van der Waals surface area contributed by atoms with E-state index in [1.807, 2.05) is 0 Å². The molecule has 0 N–H and O–H groups in total. The summed E-state index contributed by atoms with van der Waals surface area (Å²) in [5.41, 5.74) is 0. The Morgan fingerprint density at radius 1 is 0.500 bits per heavy atom. The highest BCUT2D eigenvalue weighted by Gasteiger charge is 2.06. The number of alkyl halides is 2. The summed E-state index contributed by atoms with van der Waals surface area (Å²) in [6, 6.07) is 0. The van der Waals surface area contributed by atoms with Gasteiger partial charge in [-0.15, -0.1) is 0 Å². The van der Waals surface area contributed by atoms with E-state index in [1.54, 1.807) is 0 Å². The van der Waals surface area contributed by atoms with Gasteiger partial charge in [-0.25, -0.2) is 0 Å². The molecule has 0 nitrogen and oxygen atoms in total. The number of hydrogen-bond donors (Lipinski definition) is 0. The number of unbranched alkanes of at least 4 members (excludes halogenated alkanes) is 17. The minimum Gasteiger partial charge on any atom is -0.0893 e. The molecule has 2 unspecified atom stereocenters. The molecule has 158 valence electrons. The third-order valence-corrected chi connectivity index (χ3v) is 6.66. The van der Waals surface area contributed by atoms with Gasteiger partial charge in [-0.2, -0.15) is 0 Å². The molecule has 0 aliphatic heterocycles. The Bertz CT molecular complexity index is 253. The zero-order chi connectivity index (χ0) is 19.3. The Kier molecular flexibility index (Phi) is 23.1. The minimum atomic E-state index is 0.641. The molecule has 2 heteroatoms. The van der Waals surface area contributed by atoms with E-state index < -0.39 is 0 Å². The molecule has 0 aromatic heterocycles. The fourth-order valence-electron chi connectivity index (χ4n) is 3.74. The molecule has 0 amide bonds. The van der Waals surface area contributed by atoms with E-state index in [4.69, 9.17) is 0 Å². The summed E-state index contributed by atoms with van der Waals surface area (Å²) in [7, 11) is 0. The molecule has 0 fully saturated rings. The number of hydrogen-bond acceptors (Lipinski definition) is 0. The largest absolute Gasteiger partial charge is 0.0893 e. The average molecular weight is 496 g/mol. The van der Waals surface area contributed by atoms with Crippen LogP contribution in [0.25, 0.3) is 0 Å². The van der Waals surface area contributed by atoms with Crippen molar-refractivity contribution in [1.82, 2.24) is 0 Å². The van der Waals surface area contributed by atoms with Gasteiger partial charge in [-0.3, -0.25) is 0 Å². The lowest BCUT2D eigenvalue weighted by atomic mass is 10.0. The first-order valence-electron chi connectivity index (χ1n) is 11.9. The maximum Gasteiger partial charge on any atom is 0.0156 e. The monoisotopic (exact) mass is 494 g/mol. The molecule has 0 aliphatic rings. The lowest BCUT2D eigenvalue weighted by Gasteiger charge is -2.10. The van der Waals surface area contributed by atoms with Crippen LogP contribution in [0.5, 0.6) is 0 Å². The molecule has 0 aromatic rings. The second kappa shape index (κ2) is 22.3. The standard InChI is InChI=1S/C24H48Br2/c1-3-4-5-6-7-8-9-10-11-12-13-14-15-16-17-18-19-20-21-24(26)22-23(2)25/h23-24H,3-22H2,1-2H3. The first-order valence-corrected chi connectivity index (χ1v) is 13.8. The summed E-state index contributed by atoms with van der Waals surface area (Å²) in [5.74, 6) is 0. The first kappa shape index (κ1) is 27.0. The van der Waals surface area contributed by atoms with Gasteiger partial charge in [-0.1, -0.05) is 161 Å². The highest BCUT2D eigenvalue weighted by atomic mass is 79.9. The SMILES string of the molecule is CCCCCCCCCCCCCCCCCCCCC(Br)CC(C)Br. The summed E-state index contributed by atoms with van der Waals surface area (Å²) in [4.78, 5) is 1.35. The summed E-state index contributed by atoms with van der Waals surface area (Å²) in [6.45, 7) is 4.54. The number of halogens is 2. The summed E-state index contributed by atoms with van der Waals surface area (Å²) < 4.78 is 0. The van der Waals surface area contributed by atoms with Gasteiger partial charge in [0.1, 0.15) is 0 Å². The predicted molar refractivity (Wildman–Crippen MR) is 129 cm³/mol. The van der Waals surface area contributed by atoms with Gasteiger partial charge < -0.3 is 0 Å². The van der Waals surface area contributed by atoms with Crippen LogP contribution in [0.2, 0.25) is 0 Å². The van der Waals surface area contributed by atoms with Crippen LogP contribution in [0.4, 0.5) is 0 Å². The van der Waals surface area contributed by atoms with Gasteiger partial charge in [0.25, 0.3) is 0 Å². The maximum absolute atomic E-state index is 3.80. The van der Waals surface area contributed by atoms with Crippen LogP contribution in [0, 0.1) is 0 Å². The summed E-state index contributed by atoms with van der Waals surface area (Å²) in [5, 5.41) is 0. The third-order valence-electron chi connectivity index (χ3n) is 5.45. The smallest absolute Gasteiger partial charge is 0.0156 e. The maximum atomic E-state index is 3.80. The van der Waals surface area contributed by atoms with Crippen molar-refractivity contribution >= 4 is 31.9 Å². The molecular formula is C24H48Br2. The predicted octanol–water partition coefficient (Wildman–Crippen LogP) is 10.4. The molecule has 0 spiro atoms. The van der Waals surface area contributed by atoms with E-state index in [-0.39, 0.29) is 0 Å². The number of rotatable bonds is 21. The Morgan fingerprint density at radius 3 is 1.12 bits per heavy atom. The normalized spacial score (nSPS) is 13.8. The Balaban J connectivity index is 3.05. The highest BCUT2D eigenvalue weighted by molar-refractivity contribution is 9.10. The first-order chi connectivity index (χ1) is 12.7. The molecule has 0 aliphatic carbocycles. The van der Waals surface area contributed by atoms with Crippen LogP contribution < -0.4 is 0 Å². The van der Waals surface area contributed by atoms with E-state index in [2.05, 4.69) is 45.7 Å². The molecular weight excluding hydrogens is 448 g/mol. The molecule has 2 atom stereocenters. The van der Waals surface area contributed by atoms with Crippen molar-refractivity contribution in [2.45, 2.75) is 152 Å². The van der Waals surface area contributed by atoms with E-state index in [1.165, 1.54) is 128 Å². The minimum absolute atomic E-state index is 0.641. The fraction of sp³-hybridized carbons (Fsp3) is 1.00. The lowest BCUT2D eigenvalue weighted by Crippen LogP contribution is -2.04. The Hall–Kier alpha value is 0.960. The fourth-order valence-corrected chi connectivity index (χ4v) is 5.58. The molecule has 0 saturated heterocycles. The van der Waals surface area contributed by atoms with Crippen molar-refractivity contribution in [3.63, 3.8) is 0 Å². The van der Waals surface area contributed by atoms with E-state index in [9.17, 15) is 0 Å². The molecule has 0 aromatic carbocycles. The topological polar surface area (TPSA) is 0 Å². The molecule has 0 heterocycles. The van der Waals surface area contributed by atoms with Crippen LogP contribution in [0.15, 0.2) is 0 Å². The van der Waals surface area contributed by atoms with Gasteiger partial charge in [0.2, 0.25) is 0 Å². The van der Waals surface area contributed by atoms with Gasteiger partial charge in [0, 0.05) is 9.65 Å². The van der Waals surface area contributed by atoms with Crippen LogP contribution in [-0.4, -0.2) is 9.65 Å². The van der Waals surface area contributed by atoms with Gasteiger partial charge >= 0.3 is 0 Å². The van der Waals surface area contributed by atoms with E-state index in [0.717, 1.165) is 0 Å². The van der Waals surface area contributed by atoms with Crippen molar-refractivity contribution < 1.29 is 0 Å². The zero-order valence-corrected chi connectivity index (χ0v) is 21.2. The summed E-state index contributed by atoms with van der Waals surface area (Å²) in [6.07, 6.45) is 28.8. The van der Waals surface area contributed by atoms with Crippen molar-refractivity contribution in [3.8, 4) is 0 Å². The van der Waals surface area contributed by atoms with Crippen LogP contribution in [0.3, 0.4) is 0 Å². The van der Waals surface area contributed by atoms with Crippen molar-refractivity contribution in [2.24, 2.45) is 0 Å². The van der Waals surface area contributed by atoms with E-state index >= 15 is 0 Å². The van der Waals surface area contributed by atoms with Gasteiger partial charge in [0.05, 0.1) is 0 Å². The zero-order valence-electron chi connectivity index (χ0n) is 18.1. The second-order valence-corrected chi connectivity index (χ2v) is 11.3. The average Bonchev–Trinajstić information content (AvgIpc) is 2.60. The molecule has 26 heavy (non-hydrogen) atoms. The van der Waals surface area contributed by atoms with Gasteiger partial charge in [0.15, 0.2) is 0 Å². The molecule has 0 rings (SSSR count). The molecule has 0 bridgehead atoms. The third kappa shape index (κ3) is 23.0. The second-order valence-electron chi connectivity index (χ2n) is 8.41. The van der Waals surface area contributed by atoms with Gasteiger partial charge in [-0.05, 0) is 12.8 Å². The van der Waals surface area contributed by atoms with Crippen molar-refractivity contribution in [1.29, 1.82) is 0 Å². The Labute approximate surface area is 183 Å². The molecule has 0 saturated carbocycles. The Morgan fingerprint density at radius 2 is 0.808 bits per heavy atom. The van der Waals surface area contributed by atoms with E-state index in [0.29, 0.717) is 9.65 Å². The molecule has 0 radical (unpaired) electrons. The van der Waals surface area contributed by atoms with Crippen LogP contribution >= 0.6 is 31.9 Å². The van der Waals surface area contributed by atoms with Crippen LogP contribution in [0.1, 0.15) is 142 Å². The van der Waals surface area contributed by atoms with Crippen LogP contribution in [-0.2, 0) is 0 Å². The highest BCUT2D eigenvalue weighted by Crippen LogP contribution is 2.20. The van der Waals surface area contributed by atoms with Crippen molar-refractivity contribution in [3.05, 3.63) is 0 Å². The lowest BCUT2D eigenvalue weighted by molar-refractivity contribution is 0.522. The van der Waals surface area contributed by atoms with Crippen molar-refractivity contribution in [2.75, 3.05) is 0 Å². The quantitative estimate of drug-likeness (QED) is 0.110.